The van der Waals surface area contributed by atoms with Gasteiger partial charge < -0.3 is 4.57 Å². The van der Waals surface area contributed by atoms with Gasteiger partial charge in [0.2, 0.25) is 0 Å². The average molecular weight is 393 g/mol. The molecule has 0 spiro atoms. The standard InChI is InChI=1S/C26H33FN2/c1-6-19(4)28-16-21-14-24-20(12-17(21)2)15-25(26(5)10-7-11-26)29(24)22-8-9-23(27)18(3)13-22/h9,12-16,19,22H,6-8,10-11H2,1-5H3. The number of nitrogens with zero attached hydrogens (tertiary/aromatic N) is 2. The summed E-state index contributed by atoms with van der Waals surface area (Å²) >= 11 is 0. The molecule has 4 rings (SSSR count). The van der Waals surface area contributed by atoms with E-state index in [2.05, 4.69) is 56.5 Å². The summed E-state index contributed by atoms with van der Waals surface area (Å²) in [5.41, 5.74) is 6.06. The predicted molar refractivity (Wildman–Crippen MR) is 122 cm³/mol. The molecule has 0 N–H and O–H groups in total. The molecule has 2 unspecified atom stereocenters. The van der Waals surface area contributed by atoms with Crippen LogP contribution in [0.25, 0.3) is 10.9 Å². The molecule has 0 radical (unpaired) electrons. The molecule has 2 aromatic rings. The van der Waals surface area contributed by atoms with Crippen molar-refractivity contribution >= 4 is 17.1 Å². The topological polar surface area (TPSA) is 17.3 Å². The third-order valence-electron chi connectivity index (χ3n) is 7.05. The number of rotatable bonds is 5. The van der Waals surface area contributed by atoms with Gasteiger partial charge >= 0.3 is 0 Å². The molecule has 0 aliphatic heterocycles. The van der Waals surface area contributed by atoms with E-state index in [9.17, 15) is 4.39 Å². The summed E-state index contributed by atoms with van der Waals surface area (Å²) in [7, 11) is 0. The van der Waals surface area contributed by atoms with Crippen LogP contribution in [0.2, 0.25) is 0 Å². The minimum absolute atomic E-state index is 0.0775. The third-order valence-corrected chi connectivity index (χ3v) is 7.05. The Morgan fingerprint density at radius 1 is 1.28 bits per heavy atom. The van der Waals surface area contributed by atoms with Crippen molar-refractivity contribution in [2.24, 2.45) is 4.99 Å². The Bertz CT molecular complexity index is 1020. The molecule has 1 saturated carbocycles. The predicted octanol–water partition coefficient (Wildman–Crippen LogP) is 7.35. The van der Waals surface area contributed by atoms with Crippen molar-refractivity contribution in [3.05, 3.63) is 58.6 Å². The Kier molecular flexibility index (Phi) is 5.27. The normalized spacial score (nSPS) is 22.5. The fourth-order valence-corrected chi connectivity index (χ4v) is 4.64. The quantitative estimate of drug-likeness (QED) is 0.473. The first-order valence-corrected chi connectivity index (χ1v) is 11.1. The number of aliphatic imine (C=N–C) groups is 1. The Labute approximate surface area is 174 Å². The van der Waals surface area contributed by atoms with Crippen LogP contribution < -0.4 is 0 Å². The molecule has 1 heterocycles. The van der Waals surface area contributed by atoms with Crippen LogP contribution in [0.4, 0.5) is 4.39 Å². The molecule has 1 aromatic carbocycles. The number of hydrogen-bond donors (Lipinski definition) is 0. The van der Waals surface area contributed by atoms with E-state index in [1.54, 1.807) is 6.08 Å². The number of allylic oxidation sites excluding steroid dienone is 4. The average Bonchev–Trinajstić information content (AvgIpc) is 3.04. The van der Waals surface area contributed by atoms with Gasteiger partial charge in [-0.1, -0.05) is 26.3 Å². The van der Waals surface area contributed by atoms with Crippen LogP contribution in [-0.2, 0) is 5.41 Å². The summed E-state index contributed by atoms with van der Waals surface area (Å²) in [5, 5.41) is 1.28. The summed E-state index contributed by atoms with van der Waals surface area (Å²) in [4.78, 5) is 4.72. The Hall–Kier alpha value is -2.16. The summed E-state index contributed by atoms with van der Waals surface area (Å²) in [6, 6.07) is 7.47. The van der Waals surface area contributed by atoms with E-state index >= 15 is 0 Å². The minimum atomic E-state index is -0.0775. The number of halogens is 1. The second kappa shape index (κ2) is 7.59. The lowest BCUT2D eigenvalue weighted by Crippen LogP contribution is -2.33. The monoisotopic (exact) mass is 392 g/mol. The highest BCUT2D eigenvalue weighted by molar-refractivity contribution is 5.92. The molecule has 1 aromatic heterocycles. The highest BCUT2D eigenvalue weighted by Gasteiger charge is 2.38. The maximum atomic E-state index is 14.0. The molecule has 154 valence electrons. The van der Waals surface area contributed by atoms with Crippen molar-refractivity contribution in [1.29, 1.82) is 0 Å². The molecule has 2 atom stereocenters. The fourth-order valence-electron chi connectivity index (χ4n) is 4.64. The first kappa shape index (κ1) is 20.1. The lowest BCUT2D eigenvalue weighted by Gasteiger charge is -2.40. The largest absolute Gasteiger partial charge is 0.337 e. The molecule has 2 nitrogen and oxygen atoms in total. The molecule has 1 fully saturated rings. The summed E-state index contributed by atoms with van der Waals surface area (Å²) < 4.78 is 16.5. The molecule has 3 heteroatoms. The second-order valence-electron chi connectivity index (χ2n) is 9.32. The van der Waals surface area contributed by atoms with Gasteiger partial charge in [-0.25, -0.2) is 4.39 Å². The molecular formula is C26H33FN2. The highest BCUT2D eigenvalue weighted by Crippen LogP contribution is 2.47. The van der Waals surface area contributed by atoms with Gasteiger partial charge in [0, 0.05) is 34.3 Å². The molecule has 0 amide bonds. The van der Waals surface area contributed by atoms with Crippen molar-refractivity contribution in [1.82, 2.24) is 4.57 Å². The van der Waals surface area contributed by atoms with E-state index in [1.165, 1.54) is 47.0 Å². The smallest absolute Gasteiger partial charge is 0.121 e. The van der Waals surface area contributed by atoms with Crippen LogP contribution in [0, 0.1) is 6.92 Å². The zero-order chi connectivity index (χ0) is 20.8. The van der Waals surface area contributed by atoms with Crippen molar-refractivity contribution in [2.75, 3.05) is 0 Å². The van der Waals surface area contributed by atoms with Crippen LogP contribution >= 0.6 is 0 Å². The van der Waals surface area contributed by atoms with Crippen molar-refractivity contribution < 1.29 is 4.39 Å². The van der Waals surface area contributed by atoms with E-state index in [0.717, 1.165) is 12.0 Å². The number of aromatic nitrogens is 1. The third kappa shape index (κ3) is 3.60. The van der Waals surface area contributed by atoms with Crippen LogP contribution in [-0.4, -0.2) is 16.8 Å². The number of hydrogen-bond acceptors (Lipinski definition) is 1. The van der Waals surface area contributed by atoms with E-state index in [0.29, 0.717) is 12.5 Å². The van der Waals surface area contributed by atoms with Crippen LogP contribution in [0.1, 0.15) is 82.7 Å². The Morgan fingerprint density at radius 3 is 2.66 bits per heavy atom. The molecule has 0 saturated heterocycles. The van der Waals surface area contributed by atoms with Crippen LogP contribution in [0.3, 0.4) is 0 Å². The van der Waals surface area contributed by atoms with E-state index in [4.69, 9.17) is 4.99 Å². The first-order valence-electron chi connectivity index (χ1n) is 11.1. The lowest BCUT2D eigenvalue weighted by atomic mass is 9.68. The maximum absolute atomic E-state index is 14.0. The van der Waals surface area contributed by atoms with Gasteiger partial charge in [-0.2, -0.15) is 0 Å². The highest BCUT2D eigenvalue weighted by atomic mass is 19.1. The van der Waals surface area contributed by atoms with Crippen LogP contribution in [0.15, 0.2) is 46.7 Å². The zero-order valence-corrected chi connectivity index (χ0v) is 18.4. The van der Waals surface area contributed by atoms with Crippen LogP contribution in [0.5, 0.6) is 0 Å². The van der Waals surface area contributed by atoms with Gasteiger partial charge in [-0.05, 0) is 87.4 Å². The summed E-state index contributed by atoms with van der Waals surface area (Å²) in [5.74, 6) is -0.0775. The van der Waals surface area contributed by atoms with Gasteiger partial charge in [-0.3, -0.25) is 4.99 Å². The van der Waals surface area contributed by atoms with Crippen molar-refractivity contribution in [3.8, 4) is 0 Å². The molecule has 2 aliphatic carbocycles. The Morgan fingerprint density at radius 2 is 2.03 bits per heavy atom. The van der Waals surface area contributed by atoms with E-state index in [1.807, 2.05) is 13.1 Å². The molecule has 0 bridgehead atoms. The second-order valence-corrected chi connectivity index (χ2v) is 9.32. The first-order chi connectivity index (χ1) is 13.8. The van der Waals surface area contributed by atoms with Crippen molar-refractivity contribution in [3.63, 3.8) is 0 Å². The Balaban J connectivity index is 1.88. The van der Waals surface area contributed by atoms with Gasteiger partial charge in [-0.15, -0.1) is 0 Å². The molecular weight excluding hydrogens is 359 g/mol. The van der Waals surface area contributed by atoms with E-state index < -0.39 is 0 Å². The summed E-state index contributed by atoms with van der Waals surface area (Å²) in [6.07, 6.45) is 11.4. The molecule has 2 aliphatic rings. The zero-order valence-electron chi connectivity index (χ0n) is 18.4. The minimum Gasteiger partial charge on any atom is -0.337 e. The summed E-state index contributed by atoms with van der Waals surface area (Å²) in [6.45, 7) is 10.7. The number of aryl methyl sites for hydroxylation is 1. The lowest BCUT2D eigenvalue weighted by molar-refractivity contribution is 0.254. The van der Waals surface area contributed by atoms with E-state index in [-0.39, 0.29) is 17.3 Å². The van der Waals surface area contributed by atoms with Gasteiger partial charge in [0.15, 0.2) is 0 Å². The van der Waals surface area contributed by atoms with Gasteiger partial charge in [0.1, 0.15) is 5.83 Å². The van der Waals surface area contributed by atoms with Crippen molar-refractivity contribution in [2.45, 2.75) is 84.2 Å². The fraction of sp³-hybridized carbons (Fsp3) is 0.500. The van der Waals surface area contributed by atoms with Gasteiger partial charge in [0.25, 0.3) is 0 Å². The number of benzene rings is 1. The number of fused-ring (bicyclic) bond motifs is 1. The molecule has 29 heavy (non-hydrogen) atoms. The SMILES string of the molecule is CCC(C)N=Cc1cc2c(cc1C)cc(C1(C)CCC1)n2C1C=C(C)C(F)=CC1. The maximum Gasteiger partial charge on any atom is 0.121 e. The van der Waals surface area contributed by atoms with Gasteiger partial charge in [0.05, 0.1) is 6.04 Å².